The van der Waals surface area contributed by atoms with Crippen LogP contribution in [0.2, 0.25) is 5.02 Å². The van der Waals surface area contributed by atoms with Crippen LogP contribution in [0.1, 0.15) is 11.1 Å². The molecule has 0 heterocycles. The van der Waals surface area contributed by atoms with E-state index < -0.39 is 11.8 Å². The van der Waals surface area contributed by atoms with Crippen LogP contribution in [-0.2, 0) is 16.1 Å². The van der Waals surface area contributed by atoms with Gasteiger partial charge < -0.3 is 5.32 Å². The molecule has 0 fully saturated rings. The maximum absolute atomic E-state index is 11.6. The Morgan fingerprint density at radius 3 is 2.41 bits per heavy atom. The highest BCUT2D eigenvalue weighted by Crippen LogP contribution is 2.11. The molecule has 2 rings (SSSR count). The zero-order valence-corrected chi connectivity index (χ0v) is 12.4. The molecule has 5 nitrogen and oxygen atoms in total. The minimum Gasteiger partial charge on any atom is -0.344 e. The lowest BCUT2D eigenvalue weighted by Gasteiger charge is -2.03. The lowest BCUT2D eigenvalue weighted by molar-refractivity contribution is -0.139. The fraction of sp³-hybridized carbons (Fsp3) is 0.0625. The lowest BCUT2D eigenvalue weighted by atomic mass is 10.2. The predicted molar refractivity (Wildman–Crippen MR) is 85.5 cm³/mol. The van der Waals surface area contributed by atoms with E-state index in [0.717, 1.165) is 5.56 Å². The van der Waals surface area contributed by atoms with Crippen molar-refractivity contribution in [1.29, 1.82) is 0 Å². The van der Waals surface area contributed by atoms with Crippen molar-refractivity contribution in [2.75, 3.05) is 0 Å². The van der Waals surface area contributed by atoms with E-state index in [4.69, 9.17) is 11.6 Å². The Balaban J connectivity index is 1.82. The Hall–Kier alpha value is -2.66. The molecule has 0 saturated carbocycles. The predicted octanol–water partition coefficient (Wildman–Crippen LogP) is 2.11. The SMILES string of the molecule is O=C(NCc1ccccc1)C(=O)NN=Cc1ccccc1Cl. The van der Waals surface area contributed by atoms with Crippen molar-refractivity contribution in [2.45, 2.75) is 6.54 Å². The number of rotatable bonds is 4. The highest BCUT2D eigenvalue weighted by Gasteiger charge is 2.11. The fourth-order valence-corrected chi connectivity index (χ4v) is 1.83. The number of hydrazone groups is 1. The van der Waals surface area contributed by atoms with Gasteiger partial charge in [-0.15, -0.1) is 0 Å². The Labute approximate surface area is 133 Å². The molecule has 0 aromatic heterocycles. The molecule has 2 aromatic rings. The van der Waals surface area contributed by atoms with Crippen molar-refractivity contribution in [3.05, 3.63) is 70.7 Å². The first-order chi connectivity index (χ1) is 10.7. The van der Waals surface area contributed by atoms with E-state index >= 15 is 0 Å². The van der Waals surface area contributed by atoms with Crippen LogP contribution in [0.5, 0.6) is 0 Å². The number of hydrogen-bond donors (Lipinski definition) is 2. The maximum Gasteiger partial charge on any atom is 0.329 e. The van der Waals surface area contributed by atoms with E-state index in [1.54, 1.807) is 24.3 Å². The summed E-state index contributed by atoms with van der Waals surface area (Å²) < 4.78 is 0. The molecule has 0 aliphatic carbocycles. The van der Waals surface area contributed by atoms with Crippen molar-refractivity contribution in [2.24, 2.45) is 5.10 Å². The summed E-state index contributed by atoms with van der Waals surface area (Å²) in [5.74, 6) is -1.58. The summed E-state index contributed by atoms with van der Waals surface area (Å²) >= 11 is 5.94. The summed E-state index contributed by atoms with van der Waals surface area (Å²) in [7, 11) is 0. The van der Waals surface area contributed by atoms with Crippen molar-refractivity contribution in [3.63, 3.8) is 0 Å². The van der Waals surface area contributed by atoms with Crippen LogP contribution in [0, 0.1) is 0 Å². The number of benzene rings is 2. The van der Waals surface area contributed by atoms with Gasteiger partial charge in [-0.2, -0.15) is 5.10 Å². The number of halogens is 1. The first-order valence-corrected chi connectivity index (χ1v) is 6.94. The first-order valence-electron chi connectivity index (χ1n) is 6.56. The molecular weight excluding hydrogens is 302 g/mol. The zero-order chi connectivity index (χ0) is 15.8. The average Bonchev–Trinajstić information content (AvgIpc) is 2.55. The van der Waals surface area contributed by atoms with Crippen LogP contribution in [0.15, 0.2) is 59.7 Å². The van der Waals surface area contributed by atoms with Crippen LogP contribution < -0.4 is 10.7 Å². The van der Waals surface area contributed by atoms with Gasteiger partial charge in [-0.05, 0) is 11.6 Å². The van der Waals surface area contributed by atoms with Gasteiger partial charge in [0.05, 0.1) is 6.21 Å². The van der Waals surface area contributed by atoms with Gasteiger partial charge in [0.25, 0.3) is 0 Å². The van der Waals surface area contributed by atoms with Crippen LogP contribution in [0.3, 0.4) is 0 Å². The molecule has 0 spiro atoms. The Morgan fingerprint density at radius 2 is 1.68 bits per heavy atom. The van der Waals surface area contributed by atoms with E-state index in [2.05, 4.69) is 15.8 Å². The number of amides is 2. The van der Waals surface area contributed by atoms with E-state index in [0.29, 0.717) is 10.6 Å². The second kappa shape index (κ2) is 7.95. The Bertz CT molecular complexity index is 687. The highest BCUT2D eigenvalue weighted by atomic mass is 35.5. The lowest BCUT2D eigenvalue weighted by Crippen LogP contribution is -2.37. The molecule has 2 N–H and O–H groups in total. The van der Waals surface area contributed by atoms with Gasteiger partial charge in [0.2, 0.25) is 0 Å². The monoisotopic (exact) mass is 315 g/mol. The fourth-order valence-electron chi connectivity index (χ4n) is 1.65. The molecule has 2 aromatic carbocycles. The number of carbonyl (C=O) groups excluding carboxylic acids is 2. The quantitative estimate of drug-likeness (QED) is 0.515. The molecule has 0 saturated heterocycles. The minimum atomic E-state index is -0.834. The topological polar surface area (TPSA) is 70.6 Å². The molecular formula is C16H14ClN3O2. The molecule has 0 aliphatic rings. The third-order valence-electron chi connectivity index (χ3n) is 2.78. The Morgan fingerprint density at radius 1 is 1.00 bits per heavy atom. The second-order valence-corrected chi connectivity index (χ2v) is 4.80. The largest absolute Gasteiger partial charge is 0.344 e. The number of hydrogen-bond acceptors (Lipinski definition) is 3. The third-order valence-corrected chi connectivity index (χ3v) is 3.12. The number of carbonyl (C=O) groups is 2. The van der Waals surface area contributed by atoms with Crippen LogP contribution >= 0.6 is 11.6 Å². The standard InChI is InChI=1S/C16H14ClN3O2/c17-14-9-5-4-8-13(14)11-19-20-16(22)15(21)18-10-12-6-2-1-3-7-12/h1-9,11H,10H2,(H,18,21)(H,20,22). The first kappa shape index (κ1) is 15.7. The van der Waals surface area contributed by atoms with Gasteiger partial charge in [0.1, 0.15) is 0 Å². The van der Waals surface area contributed by atoms with Gasteiger partial charge in [-0.25, -0.2) is 5.43 Å². The smallest absolute Gasteiger partial charge is 0.329 e. The molecule has 2 amide bonds. The molecule has 0 atom stereocenters. The van der Waals surface area contributed by atoms with Crippen molar-refractivity contribution >= 4 is 29.6 Å². The molecule has 0 unspecified atom stereocenters. The van der Waals surface area contributed by atoms with E-state index in [1.165, 1.54) is 6.21 Å². The van der Waals surface area contributed by atoms with Crippen LogP contribution in [-0.4, -0.2) is 18.0 Å². The summed E-state index contributed by atoms with van der Waals surface area (Å²) in [6, 6.07) is 16.3. The van der Waals surface area contributed by atoms with Crippen molar-refractivity contribution < 1.29 is 9.59 Å². The molecule has 6 heteroatoms. The molecule has 112 valence electrons. The molecule has 0 radical (unpaired) electrons. The minimum absolute atomic E-state index is 0.279. The summed E-state index contributed by atoms with van der Waals surface area (Å²) in [4.78, 5) is 23.2. The van der Waals surface area contributed by atoms with Crippen LogP contribution in [0.4, 0.5) is 0 Å². The van der Waals surface area contributed by atoms with E-state index in [9.17, 15) is 9.59 Å². The van der Waals surface area contributed by atoms with E-state index in [-0.39, 0.29) is 6.54 Å². The highest BCUT2D eigenvalue weighted by molar-refractivity contribution is 6.35. The number of nitrogens with zero attached hydrogens (tertiary/aromatic N) is 1. The maximum atomic E-state index is 11.6. The zero-order valence-electron chi connectivity index (χ0n) is 11.6. The summed E-state index contributed by atoms with van der Waals surface area (Å²) in [6.45, 7) is 0.279. The van der Waals surface area contributed by atoms with Gasteiger partial charge in [0.15, 0.2) is 0 Å². The van der Waals surface area contributed by atoms with Gasteiger partial charge in [-0.3, -0.25) is 9.59 Å². The van der Waals surface area contributed by atoms with Gasteiger partial charge in [-0.1, -0.05) is 60.1 Å². The van der Waals surface area contributed by atoms with Crippen molar-refractivity contribution in [1.82, 2.24) is 10.7 Å². The molecule has 0 aliphatic heterocycles. The summed E-state index contributed by atoms with van der Waals surface area (Å²) in [5.41, 5.74) is 3.71. The second-order valence-electron chi connectivity index (χ2n) is 4.39. The molecule has 0 bridgehead atoms. The molecule has 22 heavy (non-hydrogen) atoms. The normalized spacial score (nSPS) is 10.4. The van der Waals surface area contributed by atoms with E-state index in [1.807, 2.05) is 30.3 Å². The summed E-state index contributed by atoms with van der Waals surface area (Å²) in [6.07, 6.45) is 1.38. The number of nitrogens with one attached hydrogen (secondary N) is 2. The average molecular weight is 316 g/mol. The third kappa shape index (κ3) is 4.71. The van der Waals surface area contributed by atoms with Crippen LogP contribution in [0.25, 0.3) is 0 Å². The van der Waals surface area contributed by atoms with Gasteiger partial charge in [0, 0.05) is 17.1 Å². The van der Waals surface area contributed by atoms with Gasteiger partial charge >= 0.3 is 11.8 Å². The van der Waals surface area contributed by atoms with Crippen molar-refractivity contribution in [3.8, 4) is 0 Å². The summed E-state index contributed by atoms with van der Waals surface area (Å²) in [5, 5.41) is 6.72. The Kier molecular flexibility index (Phi) is 5.68.